The normalized spacial score (nSPS) is 28.2. The van der Waals surface area contributed by atoms with Crippen molar-refractivity contribution in [3.8, 4) is 6.07 Å². The number of hydrogen-bond donors (Lipinski definition) is 1. The lowest BCUT2D eigenvalue weighted by Crippen LogP contribution is -2.50. The summed E-state index contributed by atoms with van der Waals surface area (Å²) in [6.45, 7) is 2.07. The van der Waals surface area contributed by atoms with Gasteiger partial charge in [0.15, 0.2) is 0 Å². The molecular weight excluding hydrogens is 226 g/mol. The number of fused-ring (bicyclic) bond motifs is 1. The number of amides is 1. The SMILES string of the molecule is N#CCCNC(=O)CN1CCC[C@H]2CCCC[C@H]21. The minimum absolute atomic E-state index is 0.0801. The molecule has 1 saturated carbocycles. The van der Waals surface area contributed by atoms with Gasteiger partial charge in [-0.15, -0.1) is 0 Å². The summed E-state index contributed by atoms with van der Waals surface area (Å²) >= 11 is 0. The number of likely N-dealkylation sites (tertiary alicyclic amines) is 1. The highest BCUT2D eigenvalue weighted by atomic mass is 16.2. The maximum absolute atomic E-state index is 11.8. The molecule has 2 aliphatic rings. The van der Waals surface area contributed by atoms with Crippen molar-refractivity contribution >= 4 is 5.91 Å². The maximum atomic E-state index is 11.8. The number of piperidine rings is 1. The minimum atomic E-state index is 0.0801. The van der Waals surface area contributed by atoms with Crippen LogP contribution < -0.4 is 5.32 Å². The van der Waals surface area contributed by atoms with E-state index in [1.165, 1.54) is 38.5 Å². The number of nitrogens with zero attached hydrogens (tertiary/aromatic N) is 2. The zero-order valence-corrected chi connectivity index (χ0v) is 11.0. The van der Waals surface area contributed by atoms with Crippen molar-refractivity contribution in [2.45, 2.75) is 51.0 Å². The first-order chi connectivity index (χ1) is 8.81. The van der Waals surface area contributed by atoms with Crippen molar-refractivity contribution < 1.29 is 4.79 Å². The van der Waals surface area contributed by atoms with E-state index in [-0.39, 0.29) is 5.91 Å². The number of carbonyl (C=O) groups excluding carboxylic acids is 1. The van der Waals surface area contributed by atoms with Gasteiger partial charge in [-0.25, -0.2) is 0 Å². The van der Waals surface area contributed by atoms with E-state index in [9.17, 15) is 4.79 Å². The second kappa shape index (κ2) is 6.75. The van der Waals surface area contributed by atoms with Gasteiger partial charge in [-0.05, 0) is 38.1 Å². The van der Waals surface area contributed by atoms with Gasteiger partial charge in [-0.1, -0.05) is 12.8 Å². The van der Waals surface area contributed by atoms with Gasteiger partial charge < -0.3 is 5.32 Å². The van der Waals surface area contributed by atoms with Crippen molar-refractivity contribution in [2.75, 3.05) is 19.6 Å². The molecule has 1 amide bonds. The van der Waals surface area contributed by atoms with E-state index in [0.717, 1.165) is 12.5 Å². The summed E-state index contributed by atoms with van der Waals surface area (Å²) in [5.41, 5.74) is 0. The second-order valence-electron chi connectivity index (χ2n) is 5.48. The lowest BCUT2D eigenvalue weighted by atomic mass is 9.78. The Kier molecular flexibility index (Phi) is 5.00. The molecule has 0 spiro atoms. The van der Waals surface area contributed by atoms with E-state index in [4.69, 9.17) is 5.26 Å². The molecule has 1 saturated heterocycles. The van der Waals surface area contributed by atoms with Crippen LogP contribution in [0.15, 0.2) is 0 Å². The Balaban J connectivity index is 1.80. The molecule has 1 aliphatic carbocycles. The third kappa shape index (κ3) is 3.46. The van der Waals surface area contributed by atoms with Gasteiger partial charge >= 0.3 is 0 Å². The summed E-state index contributed by atoms with van der Waals surface area (Å²) in [5.74, 6) is 0.899. The Bertz CT molecular complexity index is 321. The van der Waals surface area contributed by atoms with Crippen LogP contribution in [0.3, 0.4) is 0 Å². The zero-order valence-electron chi connectivity index (χ0n) is 11.0. The highest BCUT2D eigenvalue weighted by Crippen LogP contribution is 2.34. The molecule has 2 fully saturated rings. The van der Waals surface area contributed by atoms with E-state index < -0.39 is 0 Å². The van der Waals surface area contributed by atoms with Crippen LogP contribution in [0.2, 0.25) is 0 Å². The number of hydrogen-bond acceptors (Lipinski definition) is 3. The molecule has 0 unspecified atom stereocenters. The third-order valence-corrected chi connectivity index (χ3v) is 4.26. The number of carbonyl (C=O) groups is 1. The van der Waals surface area contributed by atoms with Crippen LogP contribution in [0.5, 0.6) is 0 Å². The van der Waals surface area contributed by atoms with Crippen LogP contribution in [0.4, 0.5) is 0 Å². The molecule has 0 bridgehead atoms. The van der Waals surface area contributed by atoms with Crippen molar-refractivity contribution in [1.29, 1.82) is 5.26 Å². The molecular formula is C14H23N3O. The van der Waals surface area contributed by atoms with Crippen LogP contribution in [-0.4, -0.2) is 36.5 Å². The van der Waals surface area contributed by atoms with Crippen molar-refractivity contribution in [3.05, 3.63) is 0 Å². The molecule has 2 rings (SSSR count). The van der Waals surface area contributed by atoms with Crippen LogP contribution in [-0.2, 0) is 4.79 Å². The molecule has 0 aromatic rings. The van der Waals surface area contributed by atoms with Gasteiger partial charge in [0.2, 0.25) is 5.91 Å². The van der Waals surface area contributed by atoms with Gasteiger partial charge in [-0.3, -0.25) is 9.69 Å². The first kappa shape index (κ1) is 13.4. The molecule has 1 aliphatic heterocycles. The van der Waals surface area contributed by atoms with Crippen LogP contribution in [0.25, 0.3) is 0 Å². The van der Waals surface area contributed by atoms with Crippen molar-refractivity contribution in [2.24, 2.45) is 5.92 Å². The number of rotatable bonds is 4. The average molecular weight is 249 g/mol. The Morgan fingerprint density at radius 2 is 2.06 bits per heavy atom. The molecule has 18 heavy (non-hydrogen) atoms. The predicted octanol–water partition coefficient (Wildman–Crippen LogP) is 1.67. The molecule has 1 heterocycles. The fourth-order valence-corrected chi connectivity index (χ4v) is 3.42. The summed E-state index contributed by atoms with van der Waals surface area (Å²) in [6, 6.07) is 2.68. The van der Waals surface area contributed by atoms with E-state index >= 15 is 0 Å². The summed E-state index contributed by atoms with van der Waals surface area (Å²) in [4.78, 5) is 14.2. The van der Waals surface area contributed by atoms with Crippen LogP contribution in [0.1, 0.15) is 44.9 Å². The summed E-state index contributed by atoms with van der Waals surface area (Å²) in [7, 11) is 0. The van der Waals surface area contributed by atoms with E-state index in [1.54, 1.807) is 0 Å². The topological polar surface area (TPSA) is 56.1 Å². The molecule has 0 radical (unpaired) electrons. The van der Waals surface area contributed by atoms with E-state index in [1.807, 2.05) is 6.07 Å². The van der Waals surface area contributed by atoms with E-state index in [2.05, 4.69) is 10.2 Å². The van der Waals surface area contributed by atoms with Gasteiger partial charge in [-0.2, -0.15) is 5.26 Å². The van der Waals surface area contributed by atoms with Crippen molar-refractivity contribution in [3.63, 3.8) is 0 Å². The number of nitriles is 1. The second-order valence-corrected chi connectivity index (χ2v) is 5.48. The molecule has 2 atom stereocenters. The molecule has 4 nitrogen and oxygen atoms in total. The number of nitrogens with one attached hydrogen (secondary N) is 1. The fourth-order valence-electron chi connectivity index (χ4n) is 3.42. The fraction of sp³-hybridized carbons (Fsp3) is 0.857. The van der Waals surface area contributed by atoms with Crippen LogP contribution >= 0.6 is 0 Å². The monoisotopic (exact) mass is 249 g/mol. The Hall–Kier alpha value is -1.08. The molecule has 0 aromatic heterocycles. The summed E-state index contributed by atoms with van der Waals surface area (Å²) < 4.78 is 0. The largest absolute Gasteiger partial charge is 0.354 e. The van der Waals surface area contributed by atoms with Gasteiger partial charge in [0.25, 0.3) is 0 Å². The Labute approximate surface area is 109 Å². The average Bonchev–Trinajstić information content (AvgIpc) is 2.39. The first-order valence-corrected chi connectivity index (χ1v) is 7.19. The molecule has 1 N–H and O–H groups in total. The molecule has 0 aromatic carbocycles. The lowest BCUT2D eigenvalue weighted by molar-refractivity contribution is -0.123. The third-order valence-electron chi connectivity index (χ3n) is 4.26. The highest BCUT2D eigenvalue weighted by molar-refractivity contribution is 5.78. The maximum Gasteiger partial charge on any atom is 0.234 e. The lowest BCUT2D eigenvalue weighted by Gasteiger charge is -2.43. The van der Waals surface area contributed by atoms with Crippen LogP contribution in [0, 0.1) is 17.2 Å². The minimum Gasteiger partial charge on any atom is -0.354 e. The molecule has 4 heteroatoms. The quantitative estimate of drug-likeness (QED) is 0.771. The highest BCUT2D eigenvalue weighted by Gasteiger charge is 2.33. The van der Waals surface area contributed by atoms with Crippen molar-refractivity contribution in [1.82, 2.24) is 10.2 Å². The Morgan fingerprint density at radius 3 is 2.89 bits per heavy atom. The predicted molar refractivity (Wildman–Crippen MR) is 69.8 cm³/mol. The molecule has 100 valence electrons. The first-order valence-electron chi connectivity index (χ1n) is 7.19. The standard InChI is InChI=1S/C14H23N3O/c15-8-4-9-16-14(18)11-17-10-3-6-12-5-1-2-7-13(12)17/h12-13H,1-7,9-11H2,(H,16,18)/t12-,13-/m1/s1. The smallest absolute Gasteiger partial charge is 0.234 e. The zero-order chi connectivity index (χ0) is 12.8. The van der Waals surface area contributed by atoms with Gasteiger partial charge in [0.05, 0.1) is 19.0 Å². The summed E-state index contributed by atoms with van der Waals surface area (Å²) in [6.07, 6.45) is 8.26. The Morgan fingerprint density at radius 1 is 1.28 bits per heavy atom. The van der Waals surface area contributed by atoms with E-state index in [0.29, 0.717) is 25.6 Å². The van der Waals surface area contributed by atoms with Gasteiger partial charge in [0, 0.05) is 12.6 Å². The van der Waals surface area contributed by atoms with Gasteiger partial charge in [0.1, 0.15) is 0 Å². The summed E-state index contributed by atoms with van der Waals surface area (Å²) in [5, 5.41) is 11.3.